The summed E-state index contributed by atoms with van der Waals surface area (Å²) >= 11 is 0. The minimum atomic E-state index is -1.11. The zero-order valence-electron chi connectivity index (χ0n) is 12.7. The van der Waals surface area contributed by atoms with E-state index < -0.39 is 12.2 Å². The second-order valence-electron chi connectivity index (χ2n) is 5.27. The average Bonchev–Trinajstić information content (AvgIpc) is 2.60. The number of hydrogen-bond donors (Lipinski definition) is 2. The first kappa shape index (κ1) is 15.8. The smallest absolute Gasteiger partial charge is 0.125 e. The maximum Gasteiger partial charge on any atom is 0.125 e. The fourth-order valence-electron chi connectivity index (χ4n) is 2.58. The molecule has 0 bridgehead atoms. The van der Waals surface area contributed by atoms with Crippen LogP contribution in [0.2, 0.25) is 0 Å². The minimum Gasteiger partial charge on any atom is -0.491 e. The highest BCUT2D eigenvalue weighted by atomic mass is 16.5. The van der Waals surface area contributed by atoms with Crippen molar-refractivity contribution < 1.29 is 24.4 Å². The van der Waals surface area contributed by atoms with Gasteiger partial charge in [-0.05, 0) is 12.1 Å². The second kappa shape index (κ2) is 7.46. The molecule has 2 aromatic carbocycles. The molecule has 0 aromatic heterocycles. The van der Waals surface area contributed by atoms with Gasteiger partial charge in [-0.1, -0.05) is 36.4 Å². The normalized spacial score (nSPS) is 22.2. The summed E-state index contributed by atoms with van der Waals surface area (Å²) in [7, 11) is 0. The van der Waals surface area contributed by atoms with Gasteiger partial charge in [-0.2, -0.15) is 0 Å². The van der Waals surface area contributed by atoms with Crippen molar-refractivity contribution >= 4 is 0 Å². The quantitative estimate of drug-likeness (QED) is 0.780. The summed E-state index contributed by atoms with van der Waals surface area (Å²) in [5.74, 6) is 1.08. The summed E-state index contributed by atoms with van der Waals surface area (Å²) in [5, 5.41) is 21.2. The Labute approximate surface area is 135 Å². The van der Waals surface area contributed by atoms with Gasteiger partial charge in [0.1, 0.15) is 36.9 Å². The van der Waals surface area contributed by atoms with E-state index >= 15 is 0 Å². The molecule has 2 aromatic rings. The van der Waals surface area contributed by atoms with Crippen molar-refractivity contribution in [3.8, 4) is 11.5 Å². The molecule has 1 aliphatic heterocycles. The molecule has 0 aliphatic carbocycles. The molecule has 0 saturated carbocycles. The van der Waals surface area contributed by atoms with E-state index in [9.17, 15) is 10.2 Å². The third kappa shape index (κ3) is 3.64. The molecular weight excluding hydrogens is 296 g/mol. The van der Waals surface area contributed by atoms with Gasteiger partial charge in [0, 0.05) is 11.1 Å². The van der Waals surface area contributed by atoms with Gasteiger partial charge in [-0.15, -0.1) is 0 Å². The molecule has 3 rings (SSSR count). The highest BCUT2D eigenvalue weighted by Crippen LogP contribution is 2.37. The average molecular weight is 316 g/mol. The Bertz CT molecular complexity index is 587. The summed E-state index contributed by atoms with van der Waals surface area (Å²) in [6.07, 6.45) is -2.23. The first-order valence-electron chi connectivity index (χ1n) is 7.64. The van der Waals surface area contributed by atoms with E-state index in [2.05, 4.69) is 0 Å². The molecule has 0 fully saturated rings. The molecule has 122 valence electrons. The number of ether oxygens (including phenoxy) is 3. The number of hydrogen-bond acceptors (Lipinski definition) is 5. The van der Waals surface area contributed by atoms with Crippen LogP contribution in [0, 0.1) is 0 Å². The lowest BCUT2D eigenvalue weighted by molar-refractivity contribution is 0.0140. The van der Waals surface area contributed by atoms with E-state index in [4.69, 9.17) is 14.2 Å². The van der Waals surface area contributed by atoms with Crippen LogP contribution in [0.1, 0.15) is 23.3 Å². The molecule has 23 heavy (non-hydrogen) atoms. The van der Waals surface area contributed by atoms with E-state index in [-0.39, 0.29) is 0 Å². The monoisotopic (exact) mass is 316 g/mol. The van der Waals surface area contributed by atoms with E-state index in [0.717, 1.165) is 0 Å². The second-order valence-corrected chi connectivity index (χ2v) is 5.27. The Kier molecular flexibility index (Phi) is 5.12. The number of para-hydroxylation sites is 2. The Balaban J connectivity index is 1.97. The van der Waals surface area contributed by atoms with Crippen molar-refractivity contribution in [3.63, 3.8) is 0 Å². The van der Waals surface area contributed by atoms with Crippen LogP contribution in [0.4, 0.5) is 0 Å². The summed E-state index contributed by atoms with van der Waals surface area (Å²) in [6.45, 7) is 1.59. The molecule has 5 heteroatoms. The third-order valence-electron chi connectivity index (χ3n) is 3.74. The lowest BCUT2D eigenvalue weighted by Crippen LogP contribution is -2.13. The van der Waals surface area contributed by atoms with Crippen LogP contribution in [-0.2, 0) is 4.74 Å². The molecule has 0 saturated heterocycles. The van der Waals surface area contributed by atoms with Crippen molar-refractivity contribution in [2.75, 3.05) is 26.4 Å². The molecule has 2 atom stereocenters. The molecule has 1 heterocycles. The largest absolute Gasteiger partial charge is 0.491 e. The number of fused-ring (bicyclic) bond motifs is 2. The van der Waals surface area contributed by atoms with Crippen molar-refractivity contribution in [2.24, 2.45) is 0 Å². The summed E-state index contributed by atoms with van der Waals surface area (Å²) in [4.78, 5) is 0. The Morgan fingerprint density at radius 3 is 1.57 bits per heavy atom. The number of benzene rings is 2. The number of rotatable bonds is 0. The third-order valence-corrected chi connectivity index (χ3v) is 3.74. The van der Waals surface area contributed by atoms with Crippen LogP contribution >= 0.6 is 0 Å². The van der Waals surface area contributed by atoms with Gasteiger partial charge < -0.3 is 24.4 Å². The van der Waals surface area contributed by atoms with Gasteiger partial charge in [-0.3, -0.25) is 0 Å². The number of aliphatic hydroxyl groups excluding tert-OH is 2. The van der Waals surface area contributed by atoms with Gasteiger partial charge in [0.2, 0.25) is 0 Å². The molecular formula is C18H20O5. The molecule has 2 N–H and O–H groups in total. The molecule has 0 radical (unpaired) electrons. The van der Waals surface area contributed by atoms with Gasteiger partial charge in [0.25, 0.3) is 0 Å². The van der Waals surface area contributed by atoms with Crippen LogP contribution in [0.15, 0.2) is 48.5 Å². The summed E-state index contributed by atoms with van der Waals surface area (Å²) in [5.41, 5.74) is 1.07. The summed E-state index contributed by atoms with van der Waals surface area (Å²) in [6, 6.07) is 14.3. The van der Waals surface area contributed by atoms with E-state index in [1.54, 1.807) is 36.4 Å². The zero-order chi connectivity index (χ0) is 16.1. The van der Waals surface area contributed by atoms with Crippen molar-refractivity contribution in [1.82, 2.24) is 0 Å². The van der Waals surface area contributed by atoms with Crippen LogP contribution in [-0.4, -0.2) is 36.6 Å². The molecule has 1 aliphatic rings. The van der Waals surface area contributed by atoms with Crippen LogP contribution in [0.3, 0.4) is 0 Å². The van der Waals surface area contributed by atoms with Crippen molar-refractivity contribution in [1.29, 1.82) is 0 Å². The maximum absolute atomic E-state index is 10.6. The predicted octanol–water partition coefficient (Wildman–Crippen LogP) is 2.24. The van der Waals surface area contributed by atoms with Gasteiger partial charge in [-0.25, -0.2) is 0 Å². The topological polar surface area (TPSA) is 68.2 Å². The highest BCUT2D eigenvalue weighted by Gasteiger charge is 2.26. The molecule has 5 nitrogen and oxygen atoms in total. The molecule has 0 amide bonds. The minimum absolute atomic E-state index is 0.368. The van der Waals surface area contributed by atoms with Gasteiger partial charge in [0.15, 0.2) is 0 Å². The highest BCUT2D eigenvalue weighted by molar-refractivity contribution is 5.40. The van der Waals surface area contributed by atoms with Crippen molar-refractivity contribution in [3.05, 3.63) is 59.7 Å². The first-order chi connectivity index (χ1) is 11.3. The SMILES string of the molecule is O[C@H]1c2ccccc2OCCOCCOc2ccccc2[C@@H]1O. The first-order valence-corrected chi connectivity index (χ1v) is 7.64. The lowest BCUT2D eigenvalue weighted by atomic mass is 9.97. The van der Waals surface area contributed by atoms with Gasteiger partial charge >= 0.3 is 0 Å². The Morgan fingerprint density at radius 1 is 0.652 bits per heavy atom. The summed E-state index contributed by atoms with van der Waals surface area (Å²) < 4.78 is 16.8. The fourth-order valence-corrected chi connectivity index (χ4v) is 2.58. The van der Waals surface area contributed by atoms with Crippen LogP contribution < -0.4 is 9.47 Å². The predicted molar refractivity (Wildman–Crippen MR) is 84.6 cm³/mol. The number of aliphatic hydroxyl groups is 2. The Morgan fingerprint density at radius 2 is 1.09 bits per heavy atom. The van der Waals surface area contributed by atoms with Crippen molar-refractivity contribution in [2.45, 2.75) is 12.2 Å². The lowest BCUT2D eigenvalue weighted by Gasteiger charge is -2.22. The fraction of sp³-hybridized carbons (Fsp3) is 0.333. The van der Waals surface area contributed by atoms with E-state index in [1.807, 2.05) is 12.1 Å². The van der Waals surface area contributed by atoms with E-state index in [1.165, 1.54) is 0 Å². The van der Waals surface area contributed by atoms with Crippen LogP contribution in [0.5, 0.6) is 11.5 Å². The maximum atomic E-state index is 10.6. The van der Waals surface area contributed by atoms with E-state index in [0.29, 0.717) is 49.1 Å². The Hall–Kier alpha value is -2.08. The molecule has 0 spiro atoms. The zero-order valence-corrected chi connectivity index (χ0v) is 12.7. The molecule has 0 unspecified atom stereocenters. The van der Waals surface area contributed by atoms with Gasteiger partial charge in [0.05, 0.1) is 13.2 Å². The van der Waals surface area contributed by atoms with Crippen LogP contribution in [0.25, 0.3) is 0 Å². The standard InChI is InChI=1S/C18H20O5/c19-17-13-5-1-3-7-15(13)22-11-9-21-10-12-23-16-8-4-2-6-14(16)18(17)20/h1-8,17-20H,9-12H2/t17-,18-/m0/s1.